The number of anilines is 1. The fourth-order valence-electron chi connectivity index (χ4n) is 1.06. The quantitative estimate of drug-likeness (QED) is 0.737. The molecule has 0 unspecified atom stereocenters. The second kappa shape index (κ2) is 4.82. The van der Waals surface area contributed by atoms with Gasteiger partial charge >= 0.3 is 5.97 Å². The number of nitriles is 1. The number of hydrogen-bond acceptors (Lipinski definition) is 3. The molecule has 15 heavy (non-hydrogen) atoms. The SMILES string of the molecule is C/C(=C/C#N)Nc1ccc(C(=O)O)cc1. The zero-order valence-corrected chi connectivity index (χ0v) is 8.19. The molecule has 4 nitrogen and oxygen atoms in total. The second-order valence-electron chi connectivity index (χ2n) is 2.96. The fourth-order valence-corrected chi connectivity index (χ4v) is 1.06. The van der Waals surface area contributed by atoms with E-state index in [0.29, 0.717) is 5.70 Å². The minimum absolute atomic E-state index is 0.238. The second-order valence-corrected chi connectivity index (χ2v) is 2.96. The van der Waals surface area contributed by atoms with Crippen LogP contribution in [0.5, 0.6) is 0 Å². The summed E-state index contributed by atoms with van der Waals surface area (Å²) < 4.78 is 0. The van der Waals surface area contributed by atoms with Crippen LogP contribution in [0.25, 0.3) is 0 Å². The van der Waals surface area contributed by atoms with Crippen molar-refractivity contribution in [2.75, 3.05) is 5.32 Å². The van der Waals surface area contributed by atoms with Crippen molar-refractivity contribution in [3.8, 4) is 6.07 Å². The maximum atomic E-state index is 10.6. The summed E-state index contributed by atoms with van der Waals surface area (Å²) in [5.74, 6) is -0.953. The first-order chi connectivity index (χ1) is 7.13. The van der Waals surface area contributed by atoms with E-state index in [1.165, 1.54) is 18.2 Å². The van der Waals surface area contributed by atoms with Gasteiger partial charge in [-0.25, -0.2) is 4.79 Å². The highest BCUT2D eigenvalue weighted by Gasteiger charge is 2.01. The van der Waals surface area contributed by atoms with E-state index in [1.807, 2.05) is 6.07 Å². The van der Waals surface area contributed by atoms with Gasteiger partial charge in [0.15, 0.2) is 0 Å². The van der Waals surface area contributed by atoms with Crippen LogP contribution in [-0.2, 0) is 0 Å². The number of benzene rings is 1. The van der Waals surface area contributed by atoms with E-state index < -0.39 is 5.97 Å². The normalized spacial score (nSPS) is 10.5. The third-order valence-electron chi connectivity index (χ3n) is 1.75. The molecule has 0 atom stereocenters. The molecule has 4 heteroatoms. The summed E-state index contributed by atoms with van der Waals surface area (Å²) in [4.78, 5) is 10.6. The van der Waals surface area contributed by atoms with Crippen molar-refractivity contribution in [2.24, 2.45) is 0 Å². The van der Waals surface area contributed by atoms with Crippen LogP contribution in [-0.4, -0.2) is 11.1 Å². The molecule has 76 valence electrons. The van der Waals surface area contributed by atoms with E-state index in [0.717, 1.165) is 5.69 Å². The van der Waals surface area contributed by atoms with Gasteiger partial charge in [-0.15, -0.1) is 0 Å². The van der Waals surface area contributed by atoms with Crippen molar-refractivity contribution in [3.05, 3.63) is 41.6 Å². The van der Waals surface area contributed by atoms with Crippen molar-refractivity contribution in [1.82, 2.24) is 0 Å². The van der Waals surface area contributed by atoms with Crippen LogP contribution in [0.4, 0.5) is 5.69 Å². The molecular formula is C11H10N2O2. The summed E-state index contributed by atoms with van der Waals surface area (Å²) in [6.07, 6.45) is 1.38. The molecule has 0 amide bonds. The Balaban J connectivity index is 2.78. The molecule has 0 fully saturated rings. The summed E-state index contributed by atoms with van der Waals surface area (Å²) in [5.41, 5.74) is 1.70. The first-order valence-electron chi connectivity index (χ1n) is 4.30. The average molecular weight is 202 g/mol. The van der Waals surface area contributed by atoms with Gasteiger partial charge < -0.3 is 10.4 Å². The molecule has 0 saturated heterocycles. The summed E-state index contributed by atoms with van der Waals surface area (Å²) in [5, 5.41) is 20.0. The molecule has 0 radical (unpaired) electrons. The fraction of sp³-hybridized carbons (Fsp3) is 0.0909. The number of carboxylic acid groups (broad SMARTS) is 1. The van der Waals surface area contributed by atoms with Crippen LogP contribution < -0.4 is 5.32 Å². The molecule has 1 rings (SSSR count). The molecule has 1 aromatic carbocycles. The number of hydrogen-bond donors (Lipinski definition) is 2. The summed E-state index contributed by atoms with van der Waals surface area (Å²) in [6, 6.07) is 8.21. The maximum absolute atomic E-state index is 10.6. The molecule has 0 aliphatic rings. The van der Waals surface area contributed by atoms with E-state index in [2.05, 4.69) is 5.32 Å². The van der Waals surface area contributed by atoms with E-state index in [-0.39, 0.29) is 5.56 Å². The van der Waals surface area contributed by atoms with E-state index in [9.17, 15) is 4.79 Å². The summed E-state index contributed by atoms with van der Waals surface area (Å²) in [7, 11) is 0. The zero-order valence-electron chi connectivity index (χ0n) is 8.19. The van der Waals surface area contributed by atoms with Gasteiger partial charge in [0.05, 0.1) is 11.6 Å². The molecule has 0 bridgehead atoms. The highest BCUT2D eigenvalue weighted by molar-refractivity contribution is 5.88. The minimum Gasteiger partial charge on any atom is -0.478 e. The molecule has 0 aromatic heterocycles. The van der Waals surface area contributed by atoms with Gasteiger partial charge in [-0.1, -0.05) is 0 Å². The Morgan fingerprint density at radius 1 is 1.47 bits per heavy atom. The molecule has 0 aliphatic heterocycles. The molecule has 1 aromatic rings. The monoisotopic (exact) mass is 202 g/mol. The molecule has 0 aliphatic carbocycles. The molecule has 2 N–H and O–H groups in total. The molecule has 0 heterocycles. The topological polar surface area (TPSA) is 73.1 Å². The predicted molar refractivity (Wildman–Crippen MR) is 56.4 cm³/mol. The van der Waals surface area contributed by atoms with Crippen LogP contribution in [0.2, 0.25) is 0 Å². The zero-order chi connectivity index (χ0) is 11.3. The van der Waals surface area contributed by atoms with Crippen LogP contribution in [0.1, 0.15) is 17.3 Å². The Morgan fingerprint density at radius 2 is 2.07 bits per heavy atom. The Labute approximate surface area is 87.5 Å². The van der Waals surface area contributed by atoms with Gasteiger partial charge in [-0.3, -0.25) is 0 Å². The molecular weight excluding hydrogens is 192 g/mol. The lowest BCUT2D eigenvalue weighted by Gasteiger charge is -2.05. The number of rotatable bonds is 3. The number of nitrogens with zero attached hydrogens (tertiary/aromatic N) is 1. The number of carbonyl (C=O) groups is 1. The van der Waals surface area contributed by atoms with Crippen LogP contribution in [0.3, 0.4) is 0 Å². The van der Waals surface area contributed by atoms with E-state index in [4.69, 9.17) is 10.4 Å². The number of allylic oxidation sites excluding steroid dienone is 2. The average Bonchev–Trinajstić information content (AvgIpc) is 2.18. The Kier molecular flexibility index (Phi) is 3.47. The van der Waals surface area contributed by atoms with Crippen LogP contribution in [0.15, 0.2) is 36.0 Å². The van der Waals surface area contributed by atoms with E-state index in [1.54, 1.807) is 19.1 Å². The van der Waals surface area contributed by atoms with Gasteiger partial charge in [0.1, 0.15) is 0 Å². The van der Waals surface area contributed by atoms with Gasteiger partial charge in [0, 0.05) is 17.5 Å². The number of nitrogens with one attached hydrogen (secondary N) is 1. The third-order valence-corrected chi connectivity index (χ3v) is 1.75. The first-order valence-corrected chi connectivity index (χ1v) is 4.30. The standard InChI is InChI=1S/C11H10N2O2/c1-8(6-7-12)13-10-4-2-9(3-5-10)11(14)15/h2-6,13H,1H3,(H,14,15)/b8-6-. The summed E-state index contributed by atoms with van der Waals surface area (Å²) >= 11 is 0. The number of carboxylic acids is 1. The highest BCUT2D eigenvalue weighted by atomic mass is 16.4. The van der Waals surface area contributed by atoms with Gasteiger partial charge in [0.2, 0.25) is 0 Å². The van der Waals surface area contributed by atoms with Crippen LogP contribution in [0, 0.1) is 11.3 Å². The predicted octanol–water partition coefficient (Wildman–Crippen LogP) is 2.22. The lowest BCUT2D eigenvalue weighted by Crippen LogP contribution is -1.98. The van der Waals surface area contributed by atoms with Gasteiger partial charge in [-0.05, 0) is 31.2 Å². The first kappa shape index (κ1) is 10.8. The van der Waals surface area contributed by atoms with Gasteiger partial charge in [0.25, 0.3) is 0 Å². The number of aromatic carboxylic acids is 1. The largest absolute Gasteiger partial charge is 0.478 e. The minimum atomic E-state index is -0.953. The van der Waals surface area contributed by atoms with Crippen molar-refractivity contribution in [2.45, 2.75) is 6.92 Å². The molecule has 0 spiro atoms. The van der Waals surface area contributed by atoms with Crippen molar-refractivity contribution in [1.29, 1.82) is 5.26 Å². The maximum Gasteiger partial charge on any atom is 0.335 e. The lowest BCUT2D eigenvalue weighted by atomic mass is 10.2. The Hall–Kier alpha value is -2.28. The third kappa shape index (κ3) is 3.16. The smallest absolute Gasteiger partial charge is 0.335 e. The van der Waals surface area contributed by atoms with Gasteiger partial charge in [-0.2, -0.15) is 5.26 Å². The molecule has 0 saturated carbocycles. The Morgan fingerprint density at radius 3 is 2.53 bits per heavy atom. The van der Waals surface area contributed by atoms with Crippen LogP contribution >= 0.6 is 0 Å². The van der Waals surface area contributed by atoms with E-state index >= 15 is 0 Å². The Bertz CT molecular complexity index is 427. The lowest BCUT2D eigenvalue weighted by molar-refractivity contribution is 0.0697. The van der Waals surface area contributed by atoms with Crippen molar-refractivity contribution in [3.63, 3.8) is 0 Å². The highest BCUT2D eigenvalue weighted by Crippen LogP contribution is 2.11. The van der Waals surface area contributed by atoms with Crippen molar-refractivity contribution < 1.29 is 9.90 Å². The van der Waals surface area contributed by atoms with Crippen molar-refractivity contribution >= 4 is 11.7 Å². The summed E-state index contributed by atoms with van der Waals surface area (Å²) in [6.45, 7) is 1.76.